The van der Waals surface area contributed by atoms with Crippen molar-refractivity contribution in [2.75, 3.05) is 24.5 Å². The summed E-state index contributed by atoms with van der Waals surface area (Å²) in [4.78, 5) is 27.8. The molecule has 0 atom stereocenters. The summed E-state index contributed by atoms with van der Waals surface area (Å²) in [6.07, 6.45) is 1.50. The van der Waals surface area contributed by atoms with Crippen LogP contribution in [0.4, 0.5) is 20.6 Å². The second kappa shape index (κ2) is 10.5. The number of benzene rings is 3. The van der Waals surface area contributed by atoms with Gasteiger partial charge >= 0.3 is 12.0 Å². The van der Waals surface area contributed by atoms with Crippen LogP contribution in [-0.4, -0.2) is 41.6 Å². The molecule has 1 saturated heterocycles. The zero-order valence-electron chi connectivity index (χ0n) is 19.6. The number of nitrogens with zero attached hydrogens (tertiary/aromatic N) is 2. The Morgan fingerprint density at radius 2 is 1.70 bits per heavy atom. The summed E-state index contributed by atoms with van der Waals surface area (Å²) < 4.78 is 13.9. The van der Waals surface area contributed by atoms with Crippen LogP contribution in [-0.2, 0) is 11.3 Å². The summed E-state index contributed by atoms with van der Waals surface area (Å²) in [5.41, 5.74) is 4.20. The van der Waals surface area contributed by atoms with E-state index in [2.05, 4.69) is 5.32 Å². The van der Waals surface area contributed by atoms with Crippen LogP contribution in [0.1, 0.15) is 29.9 Å². The van der Waals surface area contributed by atoms with Gasteiger partial charge in [0.25, 0.3) is 0 Å². The largest absolute Gasteiger partial charge is 0.480 e. The number of para-hydroxylation sites is 1. The first-order valence-electron chi connectivity index (χ1n) is 11.8. The fraction of sp³-hybridized carbons (Fsp3) is 0.259. The van der Waals surface area contributed by atoms with Gasteiger partial charge in [0.15, 0.2) is 0 Å². The van der Waals surface area contributed by atoms with Crippen molar-refractivity contribution >= 4 is 58.2 Å². The van der Waals surface area contributed by atoms with Gasteiger partial charge in [-0.3, -0.25) is 14.6 Å². The summed E-state index contributed by atoms with van der Waals surface area (Å²) in [5.74, 6) is -1.16. The number of fused-ring (bicyclic) bond motifs is 1. The van der Waals surface area contributed by atoms with E-state index in [1.54, 1.807) is 24.3 Å². The van der Waals surface area contributed by atoms with Gasteiger partial charge in [-0.2, -0.15) is 0 Å². The van der Waals surface area contributed by atoms with Crippen molar-refractivity contribution in [1.82, 2.24) is 10.2 Å². The minimum Gasteiger partial charge on any atom is -0.480 e. The molecule has 0 spiro atoms. The number of amides is 2. The first-order chi connectivity index (χ1) is 17.7. The maximum atomic E-state index is 13.9. The molecule has 2 amide bonds. The molecule has 0 radical (unpaired) electrons. The molecule has 2 aliphatic heterocycles. The molecule has 5 rings (SSSR count). The molecule has 6 nitrogen and oxygen atoms in total. The van der Waals surface area contributed by atoms with Crippen LogP contribution in [0.5, 0.6) is 0 Å². The van der Waals surface area contributed by atoms with Gasteiger partial charge < -0.3 is 10.4 Å². The molecule has 37 heavy (non-hydrogen) atoms. The third-order valence-corrected chi connectivity index (χ3v) is 7.83. The van der Waals surface area contributed by atoms with Crippen LogP contribution >= 0.6 is 34.8 Å². The Morgan fingerprint density at radius 1 is 1.00 bits per heavy atom. The van der Waals surface area contributed by atoms with E-state index >= 15 is 0 Å². The van der Waals surface area contributed by atoms with E-state index in [1.807, 2.05) is 17.0 Å². The van der Waals surface area contributed by atoms with Gasteiger partial charge in [-0.15, -0.1) is 0 Å². The average molecular weight is 563 g/mol. The van der Waals surface area contributed by atoms with E-state index in [0.29, 0.717) is 40.1 Å². The van der Waals surface area contributed by atoms with Crippen LogP contribution in [0.15, 0.2) is 48.5 Å². The topological polar surface area (TPSA) is 72.9 Å². The number of carbonyl (C=O) groups is 2. The van der Waals surface area contributed by atoms with E-state index in [4.69, 9.17) is 39.9 Å². The quantitative estimate of drug-likeness (QED) is 0.349. The number of aliphatic carboxylic acids is 1. The molecule has 10 heteroatoms. The van der Waals surface area contributed by atoms with E-state index in [9.17, 15) is 14.0 Å². The number of likely N-dealkylation sites (tertiary alicyclic amines) is 1. The molecule has 0 aromatic heterocycles. The number of piperidine rings is 1. The smallest absolute Gasteiger partial charge is 0.326 e. The second-order valence-electron chi connectivity index (χ2n) is 9.20. The molecule has 2 N–H and O–H groups in total. The number of nitrogens with one attached hydrogen (secondary N) is 1. The van der Waals surface area contributed by atoms with Crippen molar-refractivity contribution < 1.29 is 19.1 Å². The van der Waals surface area contributed by atoms with Crippen LogP contribution in [0, 0.1) is 5.82 Å². The van der Waals surface area contributed by atoms with Gasteiger partial charge in [0.2, 0.25) is 0 Å². The zero-order chi connectivity index (χ0) is 26.3. The second-order valence-corrected chi connectivity index (χ2v) is 10.4. The van der Waals surface area contributed by atoms with Gasteiger partial charge in [0.1, 0.15) is 5.82 Å². The highest BCUT2D eigenvalue weighted by atomic mass is 35.5. The van der Waals surface area contributed by atoms with Crippen LogP contribution in [0.3, 0.4) is 0 Å². The number of halogens is 4. The van der Waals surface area contributed by atoms with E-state index < -0.39 is 11.8 Å². The van der Waals surface area contributed by atoms with E-state index in [-0.39, 0.29) is 30.1 Å². The molecule has 2 aliphatic rings. The van der Waals surface area contributed by atoms with Crippen LogP contribution < -0.4 is 10.2 Å². The maximum absolute atomic E-state index is 13.9. The lowest BCUT2D eigenvalue weighted by Crippen LogP contribution is -2.42. The number of hydrogen-bond donors (Lipinski definition) is 2. The number of carboxylic acids is 1. The fourth-order valence-electron chi connectivity index (χ4n) is 5.14. The highest BCUT2D eigenvalue weighted by Gasteiger charge is 2.33. The average Bonchev–Trinajstić information content (AvgIpc) is 2.85. The van der Waals surface area contributed by atoms with Crippen molar-refractivity contribution in [2.45, 2.75) is 25.3 Å². The molecule has 0 saturated carbocycles. The van der Waals surface area contributed by atoms with E-state index in [1.165, 1.54) is 17.0 Å². The lowest BCUT2D eigenvalue weighted by molar-refractivity contribution is -0.138. The summed E-state index contributed by atoms with van der Waals surface area (Å²) in [5, 5.41) is 13.0. The third kappa shape index (κ3) is 5.14. The molecule has 0 bridgehead atoms. The first kappa shape index (κ1) is 25.8. The monoisotopic (exact) mass is 561 g/mol. The van der Waals surface area contributed by atoms with E-state index in [0.717, 1.165) is 29.5 Å². The molecule has 2 heterocycles. The molecular formula is C27H23Cl3FN3O3. The van der Waals surface area contributed by atoms with Crippen molar-refractivity contribution in [3.8, 4) is 11.1 Å². The van der Waals surface area contributed by atoms with Crippen molar-refractivity contribution in [2.24, 2.45) is 0 Å². The Morgan fingerprint density at radius 3 is 2.35 bits per heavy atom. The first-order valence-corrected chi connectivity index (χ1v) is 12.9. The zero-order valence-corrected chi connectivity index (χ0v) is 21.9. The number of anilines is 2. The van der Waals surface area contributed by atoms with Crippen LogP contribution in [0.2, 0.25) is 15.1 Å². The highest BCUT2D eigenvalue weighted by molar-refractivity contribution is 6.40. The summed E-state index contributed by atoms with van der Waals surface area (Å²) >= 11 is 19.5. The molecule has 0 unspecified atom stereocenters. The number of carbonyl (C=O) groups excluding carboxylic acids is 1. The SMILES string of the molecule is O=C(O)CN1CCC(c2cc(-c3ccc(F)cc3Cl)c3c(c2)N(c2c(Cl)cccc2Cl)C(=O)NC3)CC1. The van der Waals surface area contributed by atoms with Crippen molar-refractivity contribution in [3.63, 3.8) is 0 Å². The van der Waals surface area contributed by atoms with Gasteiger partial charge in [-0.05, 0) is 79.4 Å². The van der Waals surface area contributed by atoms with Gasteiger partial charge in [-0.1, -0.05) is 46.9 Å². The van der Waals surface area contributed by atoms with Crippen molar-refractivity contribution in [3.05, 3.63) is 80.5 Å². The predicted molar refractivity (Wildman–Crippen MR) is 144 cm³/mol. The Hall–Kier alpha value is -2.84. The Balaban J connectivity index is 1.66. The molecule has 1 fully saturated rings. The Bertz CT molecular complexity index is 1370. The minimum atomic E-state index is -0.848. The number of carboxylic acid groups (broad SMARTS) is 1. The predicted octanol–water partition coefficient (Wildman–Crippen LogP) is 7.08. The molecule has 0 aliphatic carbocycles. The normalized spacial score (nSPS) is 16.4. The molecule has 3 aromatic carbocycles. The summed E-state index contributed by atoms with van der Waals surface area (Å²) in [6, 6.07) is 13.0. The summed E-state index contributed by atoms with van der Waals surface area (Å²) in [7, 11) is 0. The maximum Gasteiger partial charge on any atom is 0.326 e. The lowest BCUT2D eigenvalue weighted by Gasteiger charge is -2.35. The molecule has 192 valence electrons. The van der Waals surface area contributed by atoms with Crippen molar-refractivity contribution in [1.29, 1.82) is 0 Å². The minimum absolute atomic E-state index is 0.00625. The number of hydrogen-bond acceptors (Lipinski definition) is 3. The van der Waals surface area contributed by atoms with Gasteiger partial charge in [0.05, 0.1) is 33.0 Å². The Kier molecular flexibility index (Phi) is 7.32. The number of rotatable bonds is 5. The van der Waals surface area contributed by atoms with Gasteiger partial charge in [-0.25, -0.2) is 9.18 Å². The highest BCUT2D eigenvalue weighted by Crippen LogP contribution is 2.46. The van der Waals surface area contributed by atoms with Crippen LogP contribution in [0.25, 0.3) is 11.1 Å². The summed E-state index contributed by atoms with van der Waals surface area (Å²) in [6.45, 7) is 1.53. The third-order valence-electron chi connectivity index (χ3n) is 6.91. The standard InChI is InChI=1S/C27H23Cl3FN3O3/c28-21-2-1-3-22(29)26(21)34-24-11-16(15-6-8-33(9-7-15)14-25(35)36)10-19(20(24)13-32-27(34)37)18-5-4-17(31)12-23(18)30/h1-5,10-12,15H,6-9,13-14H2,(H,32,37)(H,35,36). The Labute approximate surface area is 228 Å². The van der Waals surface area contributed by atoms with Gasteiger partial charge in [0, 0.05) is 17.7 Å². The number of urea groups is 1. The lowest BCUT2D eigenvalue weighted by atomic mass is 9.84. The molecular weight excluding hydrogens is 540 g/mol. The fourth-order valence-corrected chi connectivity index (χ4v) is 5.98. The molecule has 3 aromatic rings.